The maximum Gasteiger partial charge on any atom is 0.257 e. The van der Waals surface area contributed by atoms with Crippen LogP contribution in [0.4, 0.5) is 0 Å². The summed E-state index contributed by atoms with van der Waals surface area (Å²) in [5.74, 6) is 0.442. The Balaban J connectivity index is 2.42. The van der Waals surface area contributed by atoms with Crippen molar-refractivity contribution in [2.24, 2.45) is 4.99 Å². The Morgan fingerprint density at radius 2 is 2.29 bits per heavy atom. The van der Waals surface area contributed by atoms with Crippen molar-refractivity contribution in [1.82, 2.24) is 0 Å². The van der Waals surface area contributed by atoms with Crippen LogP contribution in [-0.4, -0.2) is 16.7 Å². The van der Waals surface area contributed by atoms with Crippen molar-refractivity contribution in [3.8, 4) is 0 Å². The van der Waals surface area contributed by atoms with E-state index in [-0.39, 0.29) is 5.91 Å². The minimum Gasteiger partial charge on any atom is -0.272 e. The first-order valence-electron chi connectivity index (χ1n) is 4.17. The van der Waals surface area contributed by atoms with Gasteiger partial charge in [0.15, 0.2) is 0 Å². The predicted molar refractivity (Wildman–Crippen MR) is 62.9 cm³/mol. The number of thioether (sulfide) groups is 1. The molecule has 0 saturated carbocycles. The van der Waals surface area contributed by atoms with E-state index in [0.29, 0.717) is 5.75 Å². The molecule has 2 rings (SSSR count). The molecule has 0 unspecified atom stereocenters. The van der Waals surface area contributed by atoms with E-state index in [1.165, 1.54) is 11.8 Å². The van der Waals surface area contributed by atoms with Crippen molar-refractivity contribution in [3.05, 3.63) is 33.8 Å². The molecular formula is C10H8BrNOS. The summed E-state index contributed by atoms with van der Waals surface area (Å²) in [5.41, 5.74) is 2.20. The third-order valence-corrected chi connectivity index (χ3v) is 3.45. The second kappa shape index (κ2) is 3.87. The number of carbonyl (C=O) groups excluding carboxylic acids is 1. The Bertz CT molecular complexity index is 428. The van der Waals surface area contributed by atoms with Crippen molar-refractivity contribution in [2.45, 2.75) is 6.92 Å². The monoisotopic (exact) mass is 269 g/mol. The number of carbonyl (C=O) groups is 1. The summed E-state index contributed by atoms with van der Waals surface area (Å²) in [4.78, 5) is 15.0. The van der Waals surface area contributed by atoms with Gasteiger partial charge in [0, 0.05) is 10.0 Å². The first kappa shape index (κ1) is 9.93. The van der Waals surface area contributed by atoms with E-state index in [9.17, 15) is 4.79 Å². The van der Waals surface area contributed by atoms with Gasteiger partial charge in [-0.1, -0.05) is 33.8 Å². The molecule has 0 atom stereocenters. The van der Waals surface area contributed by atoms with Crippen LogP contribution in [0.1, 0.15) is 11.1 Å². The van der Waals surface area contributed by atoms with Crippen molar-refractivity contribution in [3.63, 3.8) is 0 Å². The molecule has 14 heavy (non-hydrogen) atoms. The lowest BCUT2D eigenvalue weighted by Crippen LogP contribution is -1.95. The van der Waals surface area contributed by atoms with E-state index in [4.69, 9.17) is 0 Å². The van der Waals surface area contributed by atoms with Crippen molar-refractivity contribution >= 4 is 38.6 Å². The molecule has 2 nitrogen and oxygen atoms in total. The lowest BCUT2D eigenvalue weighted by atomic mass is 10.1. The van der Waals surface area contributed by atoms with Crippen LogP contribution in [0.5, 0.6) is 0 Å². The summed E-state index contributed by atoms with van der Waals surface area (Å²) in [5, 5.41) is 0.847. The SMILES string of the molecule is Cc1cc(Br)ccc1C1=NC(=O)CS1. The lowest BCUT2D eigenvalue weighted by molar-refractivity contribution is -0.115. The number of nitrogens with zero attached hydrogens (tertiary/aromatic N) is 1. The summed E-state index contributed by atoms with van der Waals surface area (Å²) < 4.78 is 1.05. The lowest BCUT2D eigenvalue weighted by Gasteiger charge is -2.04. The molecule has 4 heteroatoms. The number of aliphatic imine (C=N–C) groups is 1. The van der Waals surface area contributed by atoms with E-state index >= 15 is 0 Å². The molecule has 0 radical (unpaired) electrons. The second-order valence-corrected chi connectivity index (χ2v) is 4.94. The summed E-state index contributed by atoms with van der Waals surface area (Å²) in [6.45, 7) is 2.02. The fourth-order valence-corrected chi connectivity index (χ4v) is 2.66. The summed E-state index contributed by atoms with van der Waals surface area (Å²) in [6, 6.07) is 5.99. The third-order valence-electron chi connectivity index (χ3n) is 1.98. The quantitative estimate of drug-likeness (QED) is 0.785. The fourth-order valence-electron chi connectivity index (χ4n) is 1.31. The molecule has 0 fully saturated rings. The minimum atomic E-state index is -0.0349. The van der Waals surface area contributed by atoms with Crippen LogP contribution < -0.4 is 0 Å². The normalized spacial score (nSPS) is 15.9. The smallest absolute Gasteiger partial charge is 0.257 e. The van der Waals surface area contributed by atoms with E-state index in [1.807, 2.05) is 25.1 Å². The Morgan fingerprint density at radius 3 is 2.86 bits per heavy atom. The van der Waals surface area contributed by atoms with Crippen molar-refractivity contribution in [1.29, 1.82) is 0 Å². The van der Waals surface area contributed by atoms with Gasteiger partial charge in [0.05, 0.1) is 5.75 Å². The molecular weight excluding hydrogens is 262 g/mol. The molecule has 72 valence electrons. The molecule has 0 saturated heterocycles. The Kier molecular flexibility index (Phi) is 2.74. The molecule has 0 N–H and O–H groups in total. The number of rotatable bonds is 1. The Morgan fingerprint density at radius 1 is 1.50 bits per heavy atom. The standard InChI is InChI=1S/C10H8BrNOS/c1-6-4-7(11)2-3-8(6)10-12-9(13)5-14-10/h2-4H,5H2,1H3. The summed E-state index contributed by atoms with van der Waals surface area (Å²) in [6.07, 6.45) is 0. The van der Waals surface area contributed by atoms with E-state index < -0.39 is 0 Å². The molecule has 0 aliphatic carbocycles. The van der Waals surface area contributed by atoms with Gasteiger partial charge >= 0.3 is 0 Å². The predicted octanol–water partition coefficient (Wildman–Crippen LogP) is 2.78. The summed E-state index contributed by atoms with van der Waals surface area (Å²) >= 11 is 4.91. The van der Waals surface area contributed by atoms with E-state index in [1.54, 1.807) is 0 Å². The van der Waals surface area contributed by atoms with Crippen LogP contribution in [0.25, 0.3) is 0 Å². The number of halogens is 1. The van der Waals surface area contributed by atoms with E-state index in [2.05, 4.69) is 20.9 Å². The number of benzene rings is 1. The maximum absolute atomic E-state index is 11.0. The molecule has 0 spiro atoms. The number of hydrogen-bond acceptors (Lipinski definition) is 2. The average Bonchev–Trinajstić information content (AvgIpc) is 2.51. The molecule has 1 heterocycles. The van der Waals surface area contributed by atoms with Gasteiger partial charge in [0.25, 0.3) is 5.91 Å². The third kappa shape index (κ3) is 1.91. The highest BCUT2D eigenvalue weighted by Gasteiger charge is 2.17. The van der Waals surface area contributed by atoms with Crippen LogP contribution in [0, 0.1) is 6.92 Å². The molecule has 1 aromatic rings. The van der Waals surface area contributed by atoms with Gasteiger partial charge in [-0.05, 0) is 24.6 Å². The van der Waals surface area contributed by atoms with Crippen LogP contribution >= 0.6 is 27.7 Å². The first-order chi connectivity index (χ1) is 6.66. The van der Waals surface area contributed by atoms with Gasteiger partial charge < -0.3 is 0 Å². The largest absolute Gasteiger partial charge is 0.272 e. The molecule has 0 bridgehead atoms. The van der Waals surface area contributed by atoms with Crippen LogP contribution in [-0.2, 0) is 4.79 Å². The molecule has 1 aromatic carbocycles. The van der Waals surface area contributed by atoms with Crippen molar-refractivity contribution in [2.75, 3.05) is 5.75 Å². The molecule has 0 aromatic heterocycles. The van der Waals surface area contributed by atoms with Gasteiger partial charge in [0.2, 0.25) is 0 Å². The van der Waals surface area contributed by atoms with Gasteiger partial charge in [0.1, 0.15) is 5.04 Å². The Labute approximate surface area is 94.9 Å². The zero-order valence-corrected chi connectivity index (χ0v) is 9.98. The van der Waals surface area contributed by atoms with Crippen LogP contribution in [0.2, 0.25) is 0 Å². The van der Waals surface area contributed by atoms with E-state index in [0.717, 1.165) is 20.6 Å². The topological polar surface area (TPSA) is 29.4 Å². The van der Waals surface area contributed by atoms with Gasteiger partial charge in [-0.15, -0.1) is 0 Å². The molecule has 1 amide bonds. The zero-order valence-electron chi connectivity index (χ0n) is 7.58. The second-order valence-electron chi connectivity index (χ2n) is 3.06. The van der Waals surface area contributed by atoms with Gasteiger partial charge in [-0.3, -0.25) is 4.79 Å². The zero-order chi connectivity index (χ0) is 10.1. The Hall–Kier alpha value is -0.610. The number of aryl methyl sites for hydroxylation is 1. The highest BCUT2D eigenvalue weighted by molar-refractivity contribution is 9.10. The molecule has 1 aliphatic heterocycles. The maximum atomic E-state index is 11.0. The first-order valence-corrected chi connectivity index (χ1v) is 5.95. The fraction of sp³-hybridized carbons (Fsp3) is 0.200. The summed E-state index contributed by atoms with van der Waals surface area (Å²) in [7, 11) is 0. The number of amides is 1. The molecule has 1 aliphatic rings. The van der Waals surface area contributed by atoms with Crippen molar-refractivity contribution < 1.29 is 4.79 Å². The highest BCUT2D eigenvalue weighted by Crippen LogP contribution is 2.24. The van der Waals surface area contributed by atoms with Gasteiger partial charge in [-0.25, -0.2) is 4.99 Å². The minimum absolute atomic E-state index is 0.0349. The van der Waals surface area contributed by atoms with Crippen LogP contribution in [0.15, 0.2) is 27.7 Å². The highest BCUT2D eigenvalue weighted by atomic mass is 79.9. The van der Waals surface area contributed by atoms with Crippen LogP contribution in [0.3, 0.4) is 0 Å². The van der Waals surface area contributed by atoms with Gasteiger partial charge in [-0.2, -0.15) is 0 Å². The number of hydrogen-bond donors (Lipinski definition) is 0. The average molecular weight is 270 g/mol.